The van der Waals surface area contributed by atoms with E-state index in [0.717, 1.165) is 31.5 Å². The van der Waals surface area contributed by atoms with Crippen molar-refractivity contribution in [3.05, 3.63) is 65.2 Å². The Morgan fingerprint density at radius 1 is 1.12 bits per heavy atom. The van der Waals surface area contributed by atoms with Gasteiger partial charge < -0.3 is 10.0 Å². The summed E-state index contributed by atoms with van der Waals surface area (Å²) >= 11 is 0. The number of rotatable bonds is 6. The van der Waals surface area contributed by atoms with E-state index in [-0.39, 0.29) is 12.5 Å². The number of anilines is 1. The average molecular weight is 337 g/mol. The molecule has 1 saturated heterocycles. The summed E-state index contributed by atoms with van der Waals surface area (Å²) in [6.07, 6.45) is 3.26. The van der Waals surface area contributed by atoms with Gasteiger partial charge in [-0.2, -0.15) is 0 Å². The van der Waals surface area contributed by atoms with Gasteiger partial charge in [0.25, 0.3) is 0 Å². The molecule has 2 unspecified atom stereocenters. The zero-order valence-corrected chi connectivity index (χ0v) is 15.1. The summed E-state index contributed by atoms with van der Waals surface area (Å²) in [6.45, 7) is 5.31. The monoisotopic (exact) mass is 337 g/mol. The van der Waals surface area contributed by atoms with Crippen LogP contribution in [0.5, 0.6) is 0 Å². The van der Waals surface area contributed by atoms with E-state index in [1.54, 1.807) is 0 Å². The number of aliphatic carboxylic acids is 1. The summed E-state index contributed by atoms with van der Waals surface area (Å²) in [5.74, 6) is -0.163. The number of nitrogens with zero attached hydrogens (tertiary/aromatic N) is 1. The van der Waals surface area contributed by atoms with Crippen LogP contribution in [-0.2, 0) is 17.6 Å². The topological polar surface area (TPSA) is 40.5 Å². The molecule has 0 aliphatic carbocycles. The van der Waals surface area contributed by atoms with Crippen LogP contribution in [0.25, 0.3) is 0 Å². The molecular formula is C22H27NO2. The summed E-state index contributed by atoms with van der Waals surface area (Å²) in [6, 6.07) is 17.3. The van der Waals surface area contributed by atoms with E-state index in [9.17, 15) is 4.79 Å². The molecule has 3 nitrogen and oxygen atoms in total. The lowest BCUT2D eigenvalue weighted by Gasteiger charge is -2.26. The van der Waals surface area contributed by atoms with Gasteiger partial charge in [-0.15, -0.1) is 0 Å². The molecule has 1 N–H and O–H groups in total. The predicted octanol–water partition coefficient (Wildman–Crippen LogP) is 4.47. The van der Waals surface area contributed by atoms with Crippen LogP contribution in [0, 0.1) is 12.8 Å². The maximum atomic E-state index is 11.1. The molecule has 0 amide bonds. The number of carbonyl (C=O) groups is 1. The maximum Gasteiger partial charge on any atom is 0.305 e. The van der Waals surface area contributed by atoms with E-state index in [1.807, 2.05) is 0 Å². The first-order chi connectivity index (χ1) is 12.0. The Bertz CT molecular complexity index is 723. The molecule has 3 heteroatoms. The lowest BCUT2D eigenvalue weighted by molar-refractivity contribution is -0.137. The van der Waals surface area contributed by atoms with Crippen molar-refractivity contribution in [1.29, 1.82) is 0 Å². The lowest BCUT2D eigenvalue weighted by Crippen LogP contribution is -2.31. The highest BCUT2D eigenvalue weighted by atomic mass is 16.4. The van der Waals surface area contributed by atoms with Crippen LogP contribution in [0.15, 0.2) is 48.5 Å². The van der Waals surface area contributed by atoms with Gasteiger partial charge in [0, 0.05) is 18.3 Å². The average Bonchev–Trinajstić information content (AvgIpc) is 2.94. The molecule has 1 aliphatic rings. The van der Waals surface area contributed by atoms with Gasteiger partial charge in [0.05, 0.1) is 6.42 Å². The van der Waals surface area contributed by atoms with Gasteiger partial charge in [0.2, 0.25) is 0 Å². The Morgan fingerprint density at radius 2 is 1.84 bits per heavy atom. The molecule has 0 spiro atoms. The van der Waals surface area contributed by atoms with E-state index in [0.29, 0.717) is 5.92 Å². The molecule has 2 aromatic carbocycles. The Hall–Kier alpha value is -2.29. The fraction of sp³-hybridized carbons (Fsp3) is 0.409. The van der Waals surface area contributed by atoms with Crippen LogP contribution >= 0.6 is 0 Å². The normalized spacial score (nSPS) is 20.0. The van der Waals surface area contributed by atoms with Crippen LogP contribution in [0.1, 0.15) is 36.5 Å². The van der Waals surface area contributed by atoms with Crippen molar-refractivity contribution in [2.24, 2.45) is 5.92 Å². The van der Waals surface area contributed by atoms with Crippen LogP contribution in [-0.4, -0.2) is 23.7 Å². The third-order valence-corrected chi connectivity index (χ3v) is 5.25. The zero-order chi connectivity index (χ0) is 17.8. The summed E-state index contributed by atoms with van der Waals surface area (Å²) in [7, 11) is 0. The molecule has 2 aromatic rings. The van der Waals surface area contributed by atoms with Gasteiger partial charge in [-0.3, -0.25) is 4.79 Å². The third kappa shape index (κ3) is 4.41. The summed E-state index contributed by atoms with van der Waals surface area (Å²) in [4.78, 5) is 13.4. The van der Waals surface area contributed by atoms with E-state index in [1.165, 1.54) is 16.7 Å². The first kappa shape index (κ1) is 17.5. The Kier molecular flexibility index (Phi) is 5.42. The summed E-state index contributed by atoms with van der Waals surface area (Å²) in [5.41, 5.74) is 5.23. The summed E-state index contributed by atoms with van der Waals surface area (Å²) in [5, 5.41) is 9.14. The van der Waals surface area contributed by atoms with E-state index in [2.05, 4.69) is 67.3 Å². The molecule has 0 saturated carbocycles. The molecule has 1 heterocycles. The fourth-order valence-corrected chi connectivity index (χ4v) is 3.89. The third-order valence-electron chi connectivity index (χ3n) is 5.25. The Labute approximate surface area is 150 Å². The molecule has 3 rings (SSSR count). The first-order valence-corrected chi connectivity index (χ1v) is 9.15. The number of carboxylic acids is 1. The van der Waals surface area contributed by atoms with Crippen LogP contribution in [0.2, 0.25) is 0 Å². The summed E-state index contributed by atoms with van der Waals surface area (Å²) < 4.78 is 0. The number of hydrogen-bond donors (Lipinski definition) is 1. The molecule has 1 fully saturated rings. The second-order valence-electron chi connectivity index (χ2n) is 7.34. The Morgan fingerprint density at radius 3 is 2.52 bits per heavy atom. The SMILES string of the molecule is Cc1ccccc1CCc1ccc(N2CC(C)CC2CC(=O)O)cc1. The highest BCUT2D eigenvalue weighted by molar-refractivity contribution is 5.69. The fourth-order valence-electron chi connectivity index (χ4n) is 3.89. The van der Waals surface area contributed by atoms with Crippen molar-refractivity contribution in [1.82, 2.24) is 0 Å². The smallest absolute Gasteiger partial charge is 0.305 e. The van der Waals surface area contributed by atoms with Gasteiger partial charge in [0.1, 0.15) is 0 Å². The standard InChI is InChI=1S/C22H27NO2/c1-16-13-21(14-22(24)25)23(15-16)20-11-8-18(9-12-20)7-10-19-6-4-3-5-17(19)2/h3-6,8-9,11-12,16,21H,7,10,13-15H2,1-2H3,(H,24,25). The number of carboxylic acid groups (broad SMARTS) is 1. The molecule has 0 radical (unpaired) electrons. The van der Waals surface area contributed by atoms with Crippen molar-refractivity contribution in [2.75, 3.05) is 11.4 Å². The number of hydrogen-bond acceptors (Lipinski definition) is 2. The van der Waals surface area contributed by atoms with Crippen molar-refractivity contribution < 1.29 is 9.90 Å². The second kappa shape index (κ2) is 7.73. The Balaban J connectivity index is 1.65. The minimum atomic E-state index is -0.709. The molecule has 0 bridgehead atoms. The van der Waals surface area contributed by atoms with Crippen molar-refractivity contribution >= 4 is 11.7 Å². The minimum absolute atomic E-state index is 0.116. The molecule has 25 heavy (non-hydrogen) atoms. The van der Waals surface area contributed by atoms with Crippen molar-refractivity contribution in [3.63, 3.8) is 0 Å². The predicted molar refractivity (Wildman–Crippen MR) is 102 cm³/mol. The van der Waals surface area contributed by atoms with E-state index < -0.39 is 5.97 Å². The number of benzene rings is 2. The molecule has 1 aliphatic heterocycles. The first-order valence-electron chi connectivity index (χ1n) is 9.15. The minimum Gasteiger partial charge on any atom is -0.481 e. The van der Waals surface area contributed by atoms with Gasteiger partial charge in [-0.05, 0) is 60.9 Å². The highest BCUT2D eigenvalue weighted by Crippen LogP contribution is 2.31. The van der Waals surface area contributed by atoms with Gasteiger partial charge in [0.15, 0.2) is 0 Å². The van der Waals surface area contributed by atoms with Crippen LogP contribution < -0.4 is 4.90 Å². The van der Waals surface area contributed by atoms with Gasteiger partial charge >= 0.3 is 5.97 Å². The van der Waals surface area contributed by atoms with Crippen molar-refractivity contribution in [2.45, 2.75) is 45.6 Å². The highest BCUT2D eigenvalue weighted by Gasteiger charge is 2.31. The van der Waals surface area contributed by atoms with Crippen LogP contribution in [0.4, 0.5) is 5.69 Å². The van der Waals surface area contributed by atoms with E-state index >= 15 is 0 Å². The molecule has 2 atom stereocenters. The molecular weight excluding hydrogens is 310 g/mol. The zero-order valence-electron chi connectivity index (χ0n) is 15.1. The lowest BCUT2D eigenvalue weighted by atomic mass is 10.0. The van der Waals surface area contributed by atoms with Gasteiger partial charge in [-0.25, -0.2) is 0 Å². The maximum absolute atomic E-state index is 11.1. The molecule has 0 aromatic heterocycles. The van der Waals surface area contributed by atoms with Gasteiger partial charge in [-0.1, -0.05) is 43.3 Å². The quantitative estimate of drug-likeness (QED) is 0.845. The van der Waals surface area contributed by atoms with Crippen molar-refractivity contribution in [3.8, 4) is 0 Å². The largest absolute Gasteiger partial charge is 0.481 e. The second-order valence-corrected chi connectivity index (χ2v) is 7.34. The van der Waals surface area contributed by atoms with Crippen LogP contribution in [0.3, 0.4) is 0 Å². The molecule has 132 valence electrons. The van der Waals surface area contributed by atoms with E-state index in [4.69, 9.17) is 5.11 Å². The number of aryl methyl sites for hydroxylation is 3.